The van der Waals surface area contributed by atoms with Gasteiger partial charge in [0.25, 0.3) is 5.91 Å². The summed E-state index contributed by atoms with van der Waals surface area (Å²) in [6.45, 7) is 4.35. The summed E-state index contributed by atoms with van der Waals surface area (Å²) in [4.78, 5) is 27.8. The number of hydrogen-bond acceptors (Lipinski definition) is 3. The van der Waals surface area contributed by atoms with Crippen molar-refractivity contribution in [2.75, 3.05) is 19.6 Å². The van der Waals surface area contributed by atoms with E-state index in [1.54, 1.807) is 11.0 Å². The largest absolute Gasteiger partial charge is 0.337 e. The van der Waals surface area contributed by atoms with E-state index in [2.05, 4.69) is 10.3 Å². The monoisotopic (exact) mass is 249 g/mol. The van der Waals surface area contributed by atoms with E-state index < -0.39 is 0 Å². The van der Waals surface area contributed by atoms with Gasteiger partial charge < -0.3 is 15.2 Å². The van der Waals surface area contributed by atoms with Gasteiger partial charge in [0.1, 0.15) is 0 Å². The van der Waals surface area contributed by atoms with Gasteiger partial charge in [-0.05, 0) is 32.4 Å². The van der Waals surface area contributed by atoms with Crippen LogP contribution in [0.2, 0.25) is 0 Å². The van der Waals surface area contributed by atoms with Gasteiger partial charge >= 0.3 is 0 Å². The quantitative estimate of drug-likeness (QED) is 0.820. The second-order valence-electron chi connectivity index (χ2n) is 4.58. The smallest absolute Gasteiger partial charge is 0.254 e. The predicted octanol–water partition coefficient (Wildman–Crippen LogP) is 0.589. The summed E-state index contributed by atoms with van der Waals surface area (Å²) in [6.07, 6.45) is 3.79. The summed E-state index contributed by atoms with van der Waals surface area (Å²) in [5.41, 5.74) is 0.217. The first-order valence-electron chi connectivity index (χ1n) is 6.42. The first-order valence-corrected chi connectivity index (χ1v) is 6.42. The molecule has 1 unspecified atom stereocenters. The Balaban J connectivity index is 2.07. The van der Waals surface area contributed by atoms with Crippen LogP contribution >= 0.6 is 0 Å². The molecule has 1 amide bonds. The number of carbonyl (C=O) groups is 1. The van der Waals surface area contributed by atoms with Crippen molar-refractivity contribution < 1.29 is 4.79 Å². The molecule has 1 aromatic heterocycles. The van der Waals surface area contributed by atoms with E-state index in [0.717, 1.165) is 13.0 Å². The van der Waals surface area contributed by atoms with Crippen molar-refractivity contribution in [1.29, 1.82) is 0 Å². The van der Waals surface area contributed by atoms with Crippen molar-refractivity contribution in [3.05, 3.63) is 34.2 Å². The first-order chi connectivity index (χ1) is 8.70. The lowest BCUT2D eigenvalue weighted by atomic mass is 10.2. The molecule has 2 N–H and O–H groups in total. The van der Waals surface area contributed by atoms with Crippen LogP contribution in [0.1, 0.15) is 30.1 Å². The number of amides is 1. The predicted molar refractivity (Wildman–Crippen MR) is 69.7 cm³/mol. The number of rotatable bonds is 4. The lowest BCUT2D eigenvalue weighted by molar-refractivity contribution is 0.0751. The van der Waals surface area contributed by atoms with Gasteiger partial charge in [-0.3, -0.25) is 9.59 Å². The lowest BCUT2D eigenvalue weighted by Crippen LogP contribution is -2.41. The molecule has 1 saturated heterocycles. The topological polar surface area (TPSA) is 65.2 Å². The maximum atomic E-state index is 12.3. The molecule has 0 aromatic carbocycles. The Bertz CT molecular complexity index is 463. The molecular weight excluding hydrogens is 230 g/mol. The van der Waals surface area contributed by atoms with Gasteiger partial charge in [-0.25, -0.2) is 0 Å². The standard InChI is InChI=1S/C13H19N3O2/c1-2-16(9-11-4-3-6-14-11)13(18)10-5-7-15-12(17)8-10/h5,7-8,11,14H,2-4,6,9H2,1H3,(H,15,17). The highest BCUT2D eigenvalue weighted by atomic mass is 16.2. The molecule has 1 aliphatic rings. The minimum absolute atomic E-state index is 0.0719. The molecule has 18 heavy (non-hydrogen) atoms. The lowest BCUT2D eigenvalue weighted by Gasteiger charge is -2.24. The molecule has 2 heterocycles. The SMILES string of the molecule is CCN(CC1CCCN1)C(=O)c1cc[nH]c(=O)c1. The van der Waals surface area contributed by atoms with Gasteiger partial charge in [0.2, 0.25) is 5.56 Å². The van der Waals surface area contributed by atoms with E-state index in [-0.39, 0.29) is 11.5 Å². The zero-order valence-electron chi connectivity index (χ0n) is 10.6. The van der Waals surface area contributed by atoms with Crippen LogP contribution in [0.5, 0.6) is 0 Å². The van der Waals surface area contributed by atoms with E-state index in [1.165, 1.54) is 18.7 Å². The molecule has 0 bridgehead atoms. The first kappa shape index (κ1) is 12.8. The summed E-state index contributed by atoms with van der Waals surface area (Å²) >= 11 is 0. The van der Waals surface area contributed by atoms with Gasteiger partial charge in [0, 0.05) is 37.0 Å². The number of carbonyl (C=O) groups excluding carboxylic acids is 1. The van der Waals surface area contributed by atoms with Crippen LogP contribution in [0.4, 0.5) is 0 Å². The highest BCUT2D eigenvalue weighted by Gasteiger charge is 2.21. The Morgan fingerprint density at radius 1 is 1.56 bits per heavy atom. The Morgan fingerprint density at radius 2 is 2.39 bits per heavy atom. The van der Waals surface area contributed by atoms with E-state index in [0.29, 0.717) is 24.7 Å². The van der Waals surface area contributed by atoms with Gasteiger partial charge in [-0.15, -0.1) is 0 Å². The Labute approximate surface area is 106 Å². The van der Waals surface area contributed by atoms with Crippen molar-refractivity contribution in [3.63, 3.8) is 0 Å². The number of likely N-dealkylation sites (N-methyl/N-ethyl adjacent to an activating group) is 1. The summed E-state index contributed by atoms with van der Waals surface area (Å²) in [5.74, 6) is -0.0719. The van der Waals surface area contributed by atoms with Crippen LogP contribution in [-0.2, 0) is 0 Å². The molecule has 5 nitrogen and oxygen atoms in total. The van der Waals surface area contributed by atoms with Crippen molar-refractivity contribution >= 4 is 5.91 Å². The average Bonchev–Trinajstić information content (AvgIpc) is 2.88. The van der Waals surface area contributed by atoms with Gasteiger partial charge in [0.15, 0.2) is 0 Å². The average molecular weight is 249 g/mol. The number of aromatic amines is 1. The van der Waals surface area contributed by atoms with Crippen LogP contribution in [0.3, 0.4) is 0 Å². The third-order valence-electron chi connectivity index (χ3n) is 3.29. The number of nitrogens with zero attached hydrogens (tertiary/aromatic N) is 1. The van der Waals surface area contributed by atoms with Crippen LogP contribution in [0.15, 0.2) is 23.1 Å². The zero-order chi connectivity index (χ0) is 13.0. The maximum Gasteiger partial charge on any atom is 0.254 e. The number of pyridine rings is 1. The third-order valence-corrected chi connectivity index (χ3v) is 3.29. The molecule has 0 saturated carbocycles. The molecule has 0 aliphatic carbocycles. The normalized spacial score (nSPS) is 18.8. The van der Waals surface area contributed by atoms with Gasteiger partial charge in [-0.2, -0.15) is 0 Å². The number of H-pyrrole nitrogens is 1. The number of aromatic nitrogens is 1. The minimum Gasteiger partial charge on any atom is -0.337 e. The van der Waals surface area contributed by atoms with Crippen molar-refractivity contribution in [2.24, 2.45) is 0 Å². The van der Waals surface area contributed by atoms with Crippen LogP contribution in [-0.4, -0.2) is 41.5 Å². The maximum absolute atomic E-state index is 12.3. The molecule has 1 aliphatic heterocycles. The van der Waals surface area contributed by atoms with Crippen molar-refractivity contribution in [3.8, 4) is 0 Å². The Kier molecular flexibility index (Phi) is 4.15. The van der Waals surface area contributed by atoms with Crippen LogP contribution < -0.4 is 10.9 Å². The van der Waals surface area contributed by atoms with E-state index in [1.807, 2.05) is 6.92 Å². The third kappa shape index (κ3) is 2.98. The number of hydrogen-bond donors (Lipinski definition) is 2. The summed E-state index contributed by atoms with van der Waals surface area (Å²) in [5, 5.41) is 3.38. The van der Waals surface area contributed by atoms with E-state index in [4.69, 9.17) is 0 Å². The molecule has 2 rings (SSSR count). The summed E-state index contributed by atoms with van der Waals surface area (Å²) in [6, 6.07) is 3.39. The molecule has 1 fully saturated rings. The van der Waals surface area contributed by atoms with Gasteiger partial charge in [-0.1, -0.05) is 0 Å². The van der Waals surface area contributed by atoms with Crippen LogP contribution in [0.25, 0.3) is 0 Å². The molecule has 0 radical (unpaired) electrons. The Hall–Kier alpha value is -1.62. The molecule has 1 atom stereocenters. The summed E-state index contributed by atoms with van der Waals surface area (Å²) < 4.78 is 0. The molecule has 1 aromatic rings. The molecule has 98 valence electrons. The minimum atomic E-state index is -0.240. The summed E-state index contributed by atoms with van der Waals surface area (Å²) in [7, 11) is 0. The van der Waals surface area contributed by atoms with E-state index in [9.17, 15) is 9.59 Å². The van der Waals surface area contributed by atoms with Gasteiger partial charge in [0.05, 0.1) is 0 Å². The van der Waals surface area contributed by atoms with Crippen molar-refractivity contribution in [1.82, 2.24) is 15.2 Å². The number of nitrogens with one attached hydrogen (secondary N) is 2. The molecular formula is C13H19N3O2. The second-order valence-corrected chi connectivity index (χ2v) is 4.58. The zero-order valence-corrected chi connectivity index (χ0v) is 10.6. The highest BCUT2D eigenvalue weighted by molar-refractivity contribution is 5.94. The fourth-order valence-corrected chi connectivity index (χ4v) is 2.29. The van der Waals surface area contributed by atoms with Crippen molar-refractivity contribution in [2.45, 2.75) is 25.8 Å². The van der Waals surface area contributed by atoms with Crippen LogP contribution in [0, 0.1) is 0 Å². The fraction of sp³-hybridized carbons (Fsp3) is 0.538. The molecule has 0 spiro atoms. The molecule has 5 heteroatoms. The fourth-order valence-electron chi connectivity index (χ4n) is 2.29. The van der Waals surface area contributed by atoms with E-state index >= 15 is 0 Å². The second kappa shape index (κ2) is 5.82. The highest BCUT2D eigenvalue weighted by Crippen LogP contribution is 2.09. The Morgan fingerprint density at radius 3 is 3.00 bits per heavy atom.